The highest BCUT2D eigenvalue weighted by molar-refractivity contribution is 5.78. The fraction of sp³-hybridized carbons (Fsp3) is 0.588. The van der Waals surface area contributed by atoms with Gasteiger partial charge in [0.2, 0.25) is 5.91 Å². The van der Waals surface area contributed by atoms with E-state index in [4.69, 9.17) is 0 Å². The summed E-state index contributed by atoms with van der Waals surface area (Å²) in [7, 11) is 2.17. The number of hydrogen-bond acceptors (Lipinski definition) is 3. The number of piperazine rings is 1. The number of carbonyl (C=O) groups is 1. The Morgan fingerprint density at radius 3 is 2.48 bits per heavy atom. The van der Waals surface area contributed by atoms with Gasteiger partial charge in [0.25, 0.3) is 0 Å². The molecule has 1 amide bonds. The van der Waals surface area contributed by atoms with Crippen molar-refractivity contribution in [2.24, 2.45) is 0 Å². The molecule has 0 saturated carbocycles. The lowest BCUT2D eigenvalue weighted by Gasteiger charge is -2.32. The van der Waals surface area contributed by atoms with Crippen LogP contribution in [0.25, 0.3) is 0 Å². The monoisotopic (exact) mass is 289 g/mol. The Morgan fingerprint density at radius 1 is 1.14 bits per heavy atom. The molecule has 0 aromatic heterocycles. The van der Waals surface area contributed by atoms with Gasteiger partial charge in [-0.25, -0.2) is 0 Å². The van der Waals surface area contributed by atoms with Crippen molar-refractivity contribution in [2.45, 2.75) is 19.8 Å². The fourth-order valence-electron chi connectivity index (χ4n) is 2.56. The number of nitrogens with one attached hydrogen (secondary N) is 1. The molecular weight excluding hydrogens is 262 g/mol. The molecule has 0 aliphatic carbocycles. The zero-order valence-electron chi connectivity index (χ0n) is 13.3. The van der Waals surface area contributed by atoms with Gasteiger partial charge in [-0.1, -0.05) is 29.8 Å². The molecule has 0 radical (unpaired) electrons. The van der Waals surface area contributed by atoms with Gasteiger partial charge in [-0.2, -0.15) is 0 Å². The van der Waals surface area contributed by atoms with E-state index in [-0.39, 0.29) is 5.91 Å². The molecule has 1 aromatic rings. The summed E-state index contributed by atoms with van der Waals surface area (Å²) in [5, 5.41) is 3.02. The third-order valence-electron chi connectivity index (χ3n) is 4.05. The van der Waals surface area contributed by atoms with Crippen LogP contribution in [0.1, 0.15) is 17.5 Å². The van der Waals surface area contributed by atoms with E-state index >= 15 is 0 Å². The second kappa shape index (κ2) is 8.15. The molecule has 0 atom stereocenters. The first-order valence-electron chi connectivity index (χ1n) is 7.86. The summed E-state index contributed by atoms with van der Waals surface area (Å²) in [5.74, 6) is 0.122. The lowest BCUT2D eigenvalue weighted by Crippen LogP contribution is -2.45. The Bertz CT molecular complexity index is 436. The Hall–Kier alpha value is -1.39. The van der Waals surface area contributed by atoms with Crippen molar-refractivity contribution in [3.05, 3.63) is 35.4 Å². The quantitative estimate of drug-likeness (QED) is 0.802. The minimum atomic E-state index is 0.122. The van der Waals surface area contributed by atoms with Gasteiger partial charge >= 0.3 is 0 Å². The van der Waals surface area contributed by atoms with Crippen molar-refractivity contribution in [2.75, 3.05) is 46.3 Å². The van der Waals surface area contributed by atoms with Crippen LogP contribution in [0.4, 0.5) is 0 Å². The van der Waals surface area contributed by atoms with Gasteiger partial charge in [-0.15, -0.1) is 0 Å². The number of likely N-dealkylation sites (N-methyl/N-ethyl adjacent to an activating group) is 1. The SMILES string of the molecule is Cc1ccc(CC(=O)NCCCN2CCN(C)CC2)cc1. The molecule has 1 fully saturated rings. The lowest BCUT2D eigenvalue weighted by molar-refractivity contribution is -0.120. The molecule has 1 aliphatic heterocycles. The van der Waals surface area contributed by atoms with E-state index in [2.05, 4.69) is 41.2 Å². The molecule has 4 heteroatoms. The Morgan fingerprint density at radius 2 is 1.81 bits per heavy atom. The second-order valence-corrected chi connectivity index (χ2v) is 6.01. The summed E-state index contributed by atoms with van der Waals surface area (Å²) in [6.07, 6.45) is 1.51. The molecular formula is C17H27N3O. The average molecular weight is 289 g/mol. The maximum Gasteiger partial charge on any atom is 0.224 e. The number of benzene rings is 1. The predicted octanol–water partition coefficient (Wildman–Crippen LogP) is 1.29. The molecule has 1 aromatic carbocycles. The maximum absolute atomic E-state index is 11.9. The van der Waals surface area contributed by atoms with E-state index in [1.807, 2.05) is 12.1 Å². The zero-order valence-corrected chi connectivity index (χ0v) is 13.3. The predicted molar refractivity (Wildman–Crippen MR) is 86.4 cm³/mol. The van der Waals surface area contributed by atoms with Crippen LogP contribution in [0.2, 0.25) is 0 Å². The van der Waals surface area contributed by atoms with Crippen LogP contribution in [0.3, 0.4) is 0 Å². The van der Waals surface area contributed by atoms with Crippen LogP contribution in [0, 0.1) is 6.92 Å². The highest BCUT2D eigenvalue weighted by atomic mass is 16.1. The molecule has 1 N–H and O–H groups in total. The van der Waals surface area contributed by atoms with E-state index in [9.17, 15) is 4.79 Å². The van der Waals surface area contributed by atoms with Gasteiger partial charge < -0.3 is 15.1 Å². The van der Waals surface area contributed by atoms with Crippen LogP contribution in [0.15, 0.2) is 24.3 Å². The van der Waals surface area contributed by atoms with Crippen LogP contribution < -0.4 is 5.32 Å². The number of amides is 1. The van der Waals surface area contributed by atoms with Crippen molar-refractivity contribution < 1.29 is 4.79 Å². The number of hydrogen-bond donors (Lipinski definition) is 1. The van der Waals surface area contributed by atoms with Gasteiger partial charge in [-0.3, -0.25) is 4.79 Å². The summed E-state index contributed by atoms with van der Waals surface area (Å²) in [6.45, 7) is 8.51. The first-order valence-corrected chi connectivity index (χ1v) is 7.86. The van der Waals surface area contributed by atoms with E-state index in [1.54, 1.807) is 0 Å². The average Bonchev–Trinajstić information content (AvgIpc) is 2.48. The van der Waals surface area contributed by atoms with Crippen LogP contribution in [-0.4, -0.2) is 62.0 Å². The van der Waals surface area contributed by atoms with Gasteiger partial charge in [0.1, 0.15) is 0 Å². The summed E-state index contributed by atoms with van der Waals surface area (Å²) in [5.41, 5.74) is 2.31. The summed E-state index contributed by atoms with van der Waals surface area (Å²) >= 11 is 0. The Labute approximate surface area is 128 Å². The molecule has 2 rings (SSSR count). The Kier molecular flexibility index (Phi) is 6.21. The maximum atomic E-state index is 11.9. The van der Waals surface area contributed by atoms with E-state index in [0.717, 1.165) is 51.3 Å². The van der Waals surface area contributed by atoms with E-state index < -0.39 is 0 Å². The topological polar surface area (TPSA) is 35.6 Å². The first-order chi connectivity index (χ1) is 10.1. The molecule has 116 valence electrons. The van der Waals surface area contributed by atoms with Crippen molar-refractivity contribution >= 4 is 5.91 Å². The van der Waals surface area contributed by atoms with Crippen LogP contribution >= 0.6 is 0 Å². The van der Waals surface area contributed by atoms with Crippen LogP contribution in [0.5, 0.6) is 0 Å². The molecule has 0 spiro atoms. The van der Waals surface area contributed by atoms with Crippen molar-refractivity contribution in [1.82, 2.24) is 15.1 Å². The summed E-state index contributed by atoms with van der Waals surface area (Å²) in [4.78, 5) is 16.7. The third kappa shape index (κ3) is 5.86. The molecule has 1 aliphatic rings. The van der Waals surface area contributed by atoms with Crippen molar-refractivity contribution in [1.29, 1.82) is 0 Å². The van der Waals surface area contributed by atoms with E-state index in [0.29, 0.717) is 6.42 Å². The van der Waals surface area contributed by atoms with Crippen molar-refractivity contribution in [3.8, 4) is 0 Å². The smallest absolute Gasteiger partial charge is 0.224 e. The number of carbonyl (C=O) groups excluding carboxylic acids is 1. The minimum Gasteiger partial charge on any atom is -0.356 e. The zero-order chi connectivity index (χ0) is 15.1. The molecule has 4 nitrogen and oxygen atoms in total. The minimum absolute atomic E-state index is 0.122. The molecule has 0 unspecified atom stereocenters. The summed E-state index contributed by atoms with van der Waals surface area (Å²) in [6, 6.07) is 8.16. The Balaban J connectivity index is 1.58. The molecule has 1 heterocycles. The van der Waals surface area contributed by atoms with Gasteiger partial charge in [-0.05, 0) is 32.5 Å². The normalized spacial score (nSPS) is 16.9. The van der Waals surface area contributed by atoms with Crippen molar-refractivity contribution in [3.63, 3.8) is 0 Å². The standard InChI is InChI=1S/C17H27N3O/c1-15-4-6-16(7-5-15)14-17(21)18-8-3-9-20-12-10-19(2)11-13-20/h4-7H,3,8-14H2,1-2H3,(H,18,21). The fourth-order valence-corrected chi connectivity index (χ4v) is 2.56. The number of nitrogens with zero attached hydrogens (tertiary/aromatic N) is 2. The second-order valence-electron chi connectivity index (χ2n) is 6.01. The highest BCUT2D eigenvalue weighted by Gasteiger charge is 2.12. The lowest BCUT2D eigenvalue weighted by atomic mass is 10.1. The van der Waals surface area contributed by atoms with E-state index in [1.165, 1.54) is 5.56 Å². The highest BCUT2D eigenvalue weighted by Crippen LogP contribution is 2.04. The molecule has 21 heavy (non-hydrogen) atoms. The van der Waals surface area contributed by atoms with Gasteiger partial charge in [0.05, 0.1) is 6.42 Å². The first kappa shape index (κ1) is 16.0. The third-order valence-corrected chi connectivity index (χ3v) is 4.05. The number of rotatable bonds is 6. The van der Waals surface area contributed by atoms with Crippen LogP contribution in [-0.2, 0) is 11.2 Å². The largest absolute Gasteiger partial charge is 0.356 e. The van der Waals surface area contributed by atoms with Gasteiger partial charge in [0.15, 0.2) is 0 Å². The molecule has 1 saturated heterocycles. The summed E-state index contributed by atoms with van der Waals surface area (Å²) < 4.78 is 0. The molecule has 0 bridgehead atoms. The number of aryl methyl sites for hydroxylation is 1. The van der Waals surface area contributed by atoms with Gasteiger partial charge in [0, 0.05) is 32.7 Å².